The van der Waals surface area contributed by atoms with Gasteiger partial charge in [-0.1, -0.05) is 146 Å². The molecule has 1 heterocycles. The van der Waals surface area contributed by atoms with Crippen molar-refractivity contribution in [1.82, 2.24) is 0 Å². The molecule has 4 aromatic carbocycles. The predicted octanol–water partition coefficient (Wildman–Crippen LogP) is 14.0. The van der Waals surface area contributed by atoms with Gasteiger partial charge in [-0.25, -0.2) is 0 Å². The number of allylic oxidation sites excluding steroid dienone is 8. The van der Waals surface area contributed by atoms with Crippen LogP contribution in [0.4, 0.5) is 11.4 Å². The largest absolute Gasteiger partial charge is 0.385 e. The number of anilines is 2. The summed E-state index contributed by atoms with van der Waals surface area (Å²) in [7, 11) is 0. The zero-order chi connectivity index (χ0) is 36.3. The van der Waals surface area contributed by atoms with Crippen LogP contribution in [0.25, 0.3) is 21.5 Å². The quantitative estimate of drug-likeness (QED) is 0.158. The molecular formula is C48H59ClN2. The fourth-order valence-electron chi connectivity index (χ4n) is 8.29. The Morgan fingerprint density at radius 3 is 2.22 bits per heavy atom. The topological polar surface area (TPSA) is 15.3 Å². The van der Waals surface area contributed by atoms with Crippen molar-refractivity contribution in [3.8, 4) is 0 Å². The standard InChI is InChI=1S/C48H59ClN2/c1-33(2)28-31-50-41-25-22-35-15-9-11-20-39(35)44(41)47(5,6)30-14-19-37-17-13-18-38(46(37)49)24-27-43-48(7,8)45-40-21-12-10-16-36(40)23-26-42(45)51(43)32-29-34(3)4/h9-12,14-16,19-27,33-34,50H,13,17-18,28-32H2,1-8H3/b19-14+,38-24+,43-27+. The molecule has 0 saturated heterocycles. The average Bonchev–Trinajstić information content (AvgIpc) is 3.32. The molecule has 0 bridgehead atoms. The maximum absolute atomic E-state index is 7.27. The van der Waals surface area contributed by atoms with Gasteiger partial charge in [0.1, 0.15) is 0 Å². The van der Waals surface area contributed by atoms with Gasteiger partial charge in [0.2, 0.25) is 0 Å². The Hall–Kier alpha value is -3.75. The second kappa shape index (κ2) is 15.5. The molecule has 0 atom stereocenters. The SMILES string of the molecule is CC(C)CCNc1ccc2ccccc2c1C(C)(C)C/C=C/C1=C(Cl)C(=C/C=C2/N(CCC(C)C)c3ccc4ccccc4c3C2(C)C)/CCC1. The number of hydrogen-bond acceptors (Lipinski definition) is 2. The first-order valence-electron chi connectivity index (χ1n) is 19.4. The summed E-state index contributed by atoms with van der Waals surface area (Å²) in [5, 5.41) is 10.0. The van der Waals surface area contributed by atoms with Crippen molar-refractivity contribution in [2.45, 2.75) is 105 Å². The van der Waals surface area contributed by atoms with Crippen molar-refractivity contribution in [2.24, 2.45) is 11.8 Å². The molecule has 1 aliphatic heterocycles. The maximum atomic E-state index is 7.27. The van der Waals surface area contributed by atoms with E-state index in [1.807, 2.05) is 0 Å². The molecule has 6 rings (SSSR count). The first-order valence-corrected chi connectivity index (χ1v) is 19.8. The van der Waals surface area contributed by atoms with E-state index in [1.165, 1.54) is 60.9 Å². The maximum Gasteiger partial charge on any atom is 0.0469 e. The molecule has 2 aliphatic rings. The number of nitrogens with one attached hydrogen (secondary N) is 1. The third-order valence-corrected chi connectivity index (χ3v) is 11.7. The van der Waals surface area contributed by atoms with Gasteiger partial charge in [0.05, 0.1) is 0 Å². The Balaban J connectivity index is 1.29. The first kappa shape index (κ1) is 37.0. The van der Waals surface area contributed by atoms with E-state index in [9.17, 15) is 0 Å². The van der Waals surface area contributed by atoms with Crippen LogP contribution >= 0.6 is 11.6 Å². The zero-order valence-corrected chi connectivity index (χ0v) is 33.1. The molecule has 1 aliphatic carbocycles. The number of halogens is 1. The van der Waals surface area contributed by atoms with Crippen LogP contribution in [-0.2, 0) is 10.8 Å². The highest BCUT2D eigenvalue weighted by Crippen LogP contribution is 2.51. The lowest BCUT2D eigenvalue weighted by Gasteiger charge is -2.29. The number of nitrogens with zero attached hydrogens (tertiary/aromatic N) is 1. The molecule has 2 nitrogen and oxygen atoms in total. The Bertz CT molecular complexity index is 2000. The molecule has 51 heavy (non-hydrogen) atoms. The molecule has 4 aromatic rings. The lowest BCUT2D eigenvalue weighted by atomic mass is 9.77. The summed E-state index contributed by atoms with van der Waals surface area (Å²) in [5.41, 5.74) is 9.15. The lowest BCUT2D eigenvalue weighted by molar-refractivity contribution is 0.539. The van der Waals surface area contributed by atoms with Gasteiger partial charge in [-0.05, 0) is 118 Å². The lowest BCUT2D eigenvalue weighted by Crippen LogP contribution is -2.27. The molecule has 268 valence electrons. The molecule has 0 saturated carbocycles. The minimum absolute atomic E-state index is 0.0605. The third kappa shape index (κ3) is 7.87. The van der Waals surface area contributed by atoms with Crippen LogP contribution in [0, 0.1) is 11.8 Å². The fraction of sp³-hybridized carbons (Fsp3) is 0.417. The molecule has 0 unspecified atom stereocenters. The van der Waals surface area contributed by atoms with E-state index in [1.54, 1.807) is 0 Å². The normalized spacial score (nSPS) is 18.1. The van der Waals surface area contributed by atoms with Gasteiger partial charge in [0.25, 0.3) is 0 Å². The summed E-state index contributed by atoms with van der Waals surface area (Å²) in [5.74, 6) is 1.31. The Kier molecular flexibility index (Phi) is 11.2. The van der Waals surface area contributed by atoms with Gasteiger partial charge in [-0.3, -0.25) is 0 Å². The summed E-state index contributed by atoms with van der Waals surface area (Å²) >= 11 is 7.27. The van der Waals surface area contributed by atoms with Crippen LogP contribution in [0.3, 0.4) is 0 Å². The van der Waals surface area contributed by atoms with Gasteiger partial charge in [-0.2, -0.15) is 0 Å². The van der Waals surface area contributed by atoms with Crippen molar-refractivity contribution in [3.05, 3.63) is 130 Å². The van der Waals surface area contributed by atoms with Crippen LogP contribution in [0.2, 0.25) is 0 Å². The number of fused-ring (bicyclic) bond motifs is 4. The molecule has 1 N–H and O–H groups in total. The molecule has 3 heteroatoms. The summed E-state index contributed by atoms with van der Waals surface area (Å²) < 4.78 is 0. The molecular weight excluding hydrogens is 640 g/mol. The predicted molar refractivity (Wildman–Crippen MR) is 225 cm³/mol. The van der Waals surface area contributed by atoms with E-state index < -0.39 is 0 Å². The highest BCUT2D eigenvalue weighted by Gasteiger charge is 2.41. The highest BCUT2D eigenvalue weighted by molar-refractivity contribution is 6.32. The number of rotatable bonds is 12. The Morgan fingerprint density at radius 1 is 0.824 bits per heavy atom. The van der Waals surface area contributed by atoms with Crippen LogP contribution in [0.15, 0.2) is 119 Å². The van der Waals surface area contributed by atoms with E-state index in [0.717, 1.165) is 56.6 Å². The number of hydrogen-bond donors (Lipinski definition) is 1. The fourth-order valence-corrected chi connectivity index (χ4v) is 8.61. The summed E-state index contributed by atoms with van der Waals surface area (Å²) in [6.07, 6.45) is 15.8. The molecule has 0 fully saturated rings. The minimum Gasteiger partial charge on any atom is -0.385 e. The van der Waals surface area contributed by atoms with E-state index in [2.05, 4.69) is 163 Å². The summed E-state index contributed by atoms with van der Waals surface area (Å²) in [4.78, 5) is 2.58. The smallest absolute Gasteiger partial charge is 0.0469 e. The molecule has 0 aromatic heterocycles. The van der Waals surface area contributed by atoms with Crippen molar-refractivity contribution < 1.29 is 0 Å². The van der Waals surface area contributed by atoms with Gasteiger partial charge < -0.3 is 10.2 Å². The number of benzene rings is 4. The second-order valence-corrected chi connectivity index (χ2v) is 17.3. The monoisotopic (exact) mass is 698 g/mol. The van der Waals surface area contributed by atoms with Crippen LogP contribution in [0.1, 0.15) is 105 Å². The third-order valence-electron chi connectivity index (χ3n) is 11.2. The Labute approximate surface area is 313 Å². The van der Waals surface area contributed by atoms with E-state index in [-0.39, 0.29) is 10.8 Å². The highest BCUT2D eigenvalue weighted by atomic mass is 35.5. The van der Waals surface area contributed by atoms with E-state index >= 15 is 0 Å². The molecule has 0 amide bonds. The van der Waals surface area contributed by atoms with Crippen LogP contribution in [-0.4, -0.2) is 13.1 Å². The summed E-state index contributed by atoms with van der Waals surface area (Å²) in [6.45, 7) is 20.8. The van der Waals surface area contributed by atoms with Crippen molar-refractivity contribution in [2.75, 3.05) is 23.3 Å². The summed E-state index contributed by atoms with van der Waals surface area (Å²) in [6, 6.07) is 26.9. The Morgan fingerprint density at radius 2 is 1.49 bits per heavy atom. The van der Waals surface area contributed by atoms with E-state index in [0.29, 0.717) is 11.8 Å². The first-order chi connectivity index (χ1) is 24.4. The van der Waals surface area contributed by atoms with Gasteiger partial charge >= 0.3 is 0 Å². The van der Waals surface area contributed by atoms with Crippen LogP contribution < -0.4 is 10.2 Å². The van der Waals surface area contributed by atoms with Gasteiger partial charge in [0, 0.05) is 40.6 Å². The van der Waals surface area contributed by atoms with Crippen molar-refractivity contribution in [1.29, 1.82) is 0 Å². The second-order valence-electron chi connectivity index (χ2n) is 16.9. The van der Waals surface area contributed by atoms with Gasteiger partial charge in [-0.15, -0.1) is 0 Å². The van der Waals surface area contributed by atoms with Crippen LogP contribution in [0.5, 0.6) is 0 Å². The van der Waals surface area contributed by atoms with E-state index in [4.69, 9.17) is 11.6 Å². The molecule has 0 radical (unpaired) electrons. The zero-order valence-electron chi connectivity index (χ0n) is 32.4. The van der Waals surface area contributed by atoms with Crippen molar-refractivity contribution in [3.63, 3.8) is 0 Å². The molecule has 0 spiro atoms. The van der Waals surface area contributed by atoms with Gasteiger partial charge in [0.15, 0.2) is 0 Å². The average molecular weight is 699 g/mol. The minimum atomic E-state index is -0.118. The van der Waals surface area contributed by atoms with Crippen molar-refractivity contribution >= 4 is 44.5 Å².